The first kappa shape index (κ1) is 9.54. The van der Waals surface area contributed by atoms with Gasteiger partial charge in [-0.2, -0.15) is 0 Å². The maximum Gasteiger partial charge on any atom is 0.164 e. The van der Waals surface area contributed by atoms with Crippen LogP contribution < -0.4 is 5.73 Å². The Morgan fingerprint density at radius 1 is 1.31 bits per heavy atom. The van der Waals surface area contributed by atoms with E-state index in [-0.39, 0.29) is 30.2 Å². The molecule has 1 aromatic carbocycles. The van der Waals surface area contributed by atoms with Crippen LogP contribution in [0.25, 0.3) is 0 Å². The number of Topliss-reactive ketones (excluding diaryl/α,β-unsaturated/α-hetero) is 1. The number of phenols is 2. The van der Waals surface area contributed by atoms with E-state index in [4.69, 9.17) is 15.9 Å². The minimum Gasteiger partial charge on any atom is -0.504 e. The molecule has 0 aliphatic carbocycles. The fourth-order valence-electron chi connectivity index (χ4n) is 0.972. The van der Waals surface area contributed by atoms with E-state index in [0.717, 1.165) is 0 Å². The predicted molar refractivity (Wildman–Crippen MR) is 47.8 cm³/mol. The van der Waals surface area contributed by atoms with Crippen LogP contribution in [0.5, 0.6) is 11.5 Å². The molecule has 0 aliphatic rings. The summed E-state index contributed by atoms with van der Waals surface area (Å²) in [4.78, 5) is 11.2. The van der Waals surface area contributed by atoms with Crippen molar-refractivity contribution in [1.29, 1.82) is 0 Å². The van der Waals surface area contributed by atoms with Crippen molar-refractivity contribution in [3.05, 3.63) is 23.8 Å². The third-order valence-corrected chi connectivity index (χ3v) is 1.67. The fraction of sp³-hybridized carbons (Fsp3) is 0.222. The van der Waals surface area contributed by atoms with Crippen LogP contribution in [0.2, 0.25) is 0 Å². The highest BCUT2D eigenvalue weighted by Crippen LogP contribution is 2.25. The zero-order chi connectivity index (χ0) is 9.84. The van der Waals surface area contributed by atoms with Gasteiger partial charge in [-0.3, -0.25) is 4.79 Å². The third-order valence-electron chi connectivity index (χ3n) is 1.67. The lowest BCUT2D eigenvalue weighted by molar-refractivity contribution is 0.0985. The molecule has 0 bridgehead atoms. The summed E-state index contributed by atoms with van der Waals surface area (Å²) in [5, 5.41) is 18.1. The lowest BCUT2D eigenvalue weighted by Gasteiger charge is -2.01. The van der Waals surface area contributed by atoms with Gasteiger partial charge in [0.2, 0.25) is 0 Å². The molecule has 0 aromatic heterocycles. The Labute approximate surface area is 75.6 Å². The molecule has 0 heterocycles. The maximum absolute atomic E-state index is 11.2. The molecule has 4 heteroatoms. The van der Waals surface area contributed by atoms with Crippen molar-refractivity contribution < 1.29 is 15.0 Å². The second kappa shape index (κ2) is 3.91. The molecular weight excluding hydrogens is 170 g/mol. The molecule has 0 atom stereocenters. The fourth-order valence-corrected chi connectivity index (χ4v) is 0.972. The van der Waals surface area contributed by atoms with Gasteiger partial charge >= 0.3 is 0 Å². The molecule has 1 aromatic rings. The molecular formula is C9H11NO3. The van der Waals surface area contributed by atoms with E-state index in [9.17, 15) is 4.79 Å². The van der Waals surface area contributed by atoms with E-state index >= 15 is 0 Å². The Hall–Kier alpha value is -1.55. The number of aromatic hydroxyl groups is 2. The maximum atomic E-state index is 11.2. The molecule has 0 saturated heterocycles. The quantitative estimate of drug-likeness (QED) is 0.471. The number of carbonyl (C=O) groups is 1. The summed E-state index contributed by atoms with van der Waals surface area (Å²) >= 11 is 0. The Balaban J connectivity index is 2.90. The Morgan fingerprint density at radius 3 is 2.54 bits per heavy atom. The second-order valence-electron chi connectivity index (χ2n) is 2.67. The molecule has 70 valence electrons. The van der Waals surface area contributed by atoms with Gasteiger partial charge in [0, 0.05) is 12.0 Å². The number of hydrogen-bond acceptors (Lipinski definition) is 4. The van der Waals surface area contributed by atoms with Crippen LogP contribution in [0.1, 0.15) is 16.8 Å². The predicted octanol–water partition coefficient (Wildman–Crippen LogP) is 0.629. The lowest BCUT2D eigenvalue weighted by atomic mass is 10.1. The van der Waals surface area contributed by atoms with Gasteiger partial charge < -0.3 is 15.9 Å². The van der Waals surface area contributed by atoms with E-state index < -0.39 is 0 Å². The van der Waals surface area contributed by atoms with Crippen molar-refractivity contribution in [2.75, 3.05) is 6.54 Å². The van der Waals surface area contributed by atoms with Gasteiger partial charge in [0.15, 0.2) is 17.3 Å². The molecule has 0 radical (unpaired) electrons. The van der Waals surface area contributed by atoms with E-state index in [1.807, 2.05) is 0 Å². The number of ketones is 1. The minimum absolute atomic E-state index is 0.141. The van der Waals surface area contributed by atoms with Gasteiger partial charge in [-0.25, -0.2) is 0 Å². The van der Waals surface area contributed by atoms with E-state index in [0.29, 0.717) is 5.56 Å². The van der Waals surface area contributed by atoms with Gasteiger partial charge in [-0.15, -0.1) is 0 Å². The molecule has 0 amide bonds. The lowest BCUT2D eigenvalue weighted by Crippen LogP contribution is -2.07. The number of phenolic OH excluding ortho intramolecular Hbond substituents is 2. The van der Waals surface area contributed by atoms with Crippen LogP contribution in [-0.2, 0) is 0 Å². The number of benzene rings is 1. The first-order chi connectivity index (χ1) is 6.15. The summed E-state index contributed by atoms with van der Waals surface area (Å²) in [6.07, 6.45) is 0.240. The van der Waals surface area contributed by atoms with Gasteiger partial charge in [-0.1, -0.05) is 0 Å². The van der Waals surface area contributed by atoms with Crippen LogP contribution in [0, 0.1) is 0 Å². The van der Waals surface area contributed by atoms with E-state index in [2.05, 4.69) is 0 Å². The molecule has 4 nitrogen and oxygen atoms in total. The summed E-state index contributed by atoms with van der Waals surface area (Å²) in [7, 11) is 0. The molecule has 0 spiro atoms. The number of carbonyl (C=O) groups excluding carboxylic acids is 1. The van der Waals surface area contributed by atoms with Gasteiger partial charge in [-0.05, 0) is 24.7 Å². The van der Waals surface area contributed by atoms with Crippen molar-refractivity contribution >= 4 is 5.78 Å². The summed E-state index contributed by atoms with van der Waals surface area (Å²) in [6, 6.07) is 3.96. The summed E-state index contributed by atoms with van der Waals surface area (Å²) in [6.45, 7) is 0.278. The molecule has 0 unspecified atom stereocenters. The number of nitrogens with two attached hydrogens (primary N) is 1. The first-order valence-electron chi connectivity index (χ1n) is 3.90. The highest BCUT2D eigenvalue weighted by atomic mass is 16.3. The summed E-state index contributed by atoms with van der Waals surface area (Å²) in [5.74, 6) is -0.662. The number of rotatable bonds is 3. The third kappa shape index (κ3) is 2.19. The van der Waals surface area contributed by atoms with Crippen LogP contribution in [0.3, 0.4) is 0 Å². The largest absolute Gasteiger partial charge is 0.504 e. The highest BCUT2D eigenvalue weighted by molar-refractivity contribution is 5.96. The Bertz CT molecular complexity index is 323. The smallest absolute Gasteiger partial charge is 0.164 e. The molecule has 0 saturated carbocycles. The van der Waals surface area contributed by atoms with Crippen molar-refractivity contribution in [2.24, 2.45) is 5.73 Å². The van der Waals surface area contributed by atoms with Crippen LogP contribution >= 0.6 is 0 Å². The first-order valence-corrected chi connectivity index (χ1v) is 3.90. The monoisotopic (exact) mass is 181 g/mol. The van der Waals surface area contributed by atoms with Crippen molar-refractivity contribution in [3.8, 4) is 11.5 Å². The van der Waals surface area contributed by atoms with Crippen molar-refractivity contribution in [2.45, 2.75) is 6.42 Å². The van der Waals surface area contributed by atoms with Crippen LogP contribution in [0.15, 0.2) is 18.2 Å². The normalized spacial score (nSPS) is 9.92. The summed E-state index contributed by atoms with van der Waals surface area (Å²) in [5.41, 5.74) is 5.56. The minimum atomic E-state index is -0.289. The van der Waals surface area contributed by atoms with E-state index in [1.54, 1.807) is 0 Å². The van der Waals surface area contributed by atoms with E-state index in [1.165, 1.54) is 18.2 Å². The number of hydrogen-bond donors (Lipinski definition) is 3. The van der Waals surface area contributed by atoms with Gasteiger partial charge in [0.1, 0.15) is 0 Å². The zero-order valence-corrected chi connectivity index (χ0v) is 7.03. The second-order valence-corrected chi connectivity index (χ2v) is 2.67. The molecule has 13 heavy (non-hydrogen) atoms. The topological polar surface area (TPSA) is 83.6 Å². The van der Waals surface area contributed by atoms with Crippen molar-refractivity contribution in [3.63, 3.8) is 0 Å². The molecule has 1 rings (SSSR count). The average Bonchev–Trinajstić information content (AvgIpc) is 2.10. The van der Waals surface area contributed by atoms with Gasteiger partial charge in [0.25, 0.3) is 0 Å². The standard InChI is InChI=1S/C9H11NO3/c10-4-3-7(11)6-1-2-8(12)9(13)5-6/h1-2,5,12-13H,3-4,10H2. The molecule has 4 N–H and O–H groups in total. The molecule has 0 aliphatic heterocycles. The highest BCUT2D eigenvalue weighted by Gasteiger charge is 2.07. The average molecular weight is 181 g/mol. The SMILES string of the molecule is NCCC(=O)c1ccc(O)c(O)c1. The Kier molecular flexibility index (Phi) is 2.87. The Morgan fingerprint density at radius 2 is 2.00 bits per heavy atom. The van der Waals surface area contributed by atoms with Gasteiger partial charge in [0.05, 0.1) is 0 Å². The van der Waals surface area contributed by atoms with Crippen LogP contribution in [-0.4, -0.2) is 22.5 Å². The van der Waals surface area contributed by atoms with Crippen LogP contribution in [0.4, 0.5) is 0 Å². The zero-order valence-electron chi connectivity index (χ0n) is 7.03. The van der Waals surface area contributed by atoms with Crippen molar-refractivity contribution in [1.82, 2.24) is 0 Å². The summed E-state index contributed by atoms with van der Waals surface area (Å²) < 4.78 is 0. The molecule has 0 fully saturated rings.